The molecule has 0 aromatic heterocycles. The number of piperazine rings is 1. The molecule has 0 radical (unpaired) electrons. The van der Waals surface area contributed by atoms with Gasteiger partial charge in [-0.05, 0) is 36.6 Å². The molecule has 0 bridgehead atoms. The number of rotatable bonds is 3. The van der Waals surface area contributed by atoms with Gasteiger partial charge in [-0.25, -0.2) is 12.8 Å². The molecule has 0 unspecified atom stereocenters. The zero-order valence-electron chi connectivity index (χ0n) is 12.4. The van der Waals surface area contributed by atoms with E-state index in [-0.39, 0.29) is 29.8 Å². The Bertz CT molecular complexity index is 667. The number of hydrogen-bond acceptors (Lipinski definition) is 3. The second-order valence-corrected chi connectivity index (χ2v) is 7.94. The van der Waals surface area contributed by atoms with Gasteiger partial charge in [-0.2, -0.15) is 4.31 Å². The minimum atomic E-state index is -3.61. The highest BCUT2D eigenvalue weighted by Gasteiger charge is 2.42. The molecular formula is C15H19FN2O3S. The van der Waals surface area contributed by atoms with Crippen molar-refractivity contribution in [3.8, 4) is 0 Å². The van der Waals surface area contributed by atoms with Gasteiger partial charge in [0.2, 0.25) is 15.9 Å². The van der Waals surface area contributed by atoms with Crippen molar-refractivity contribution < 1.29 is 17.6 Å². The van der Waals surface area contributed by atoms with E-state index in [4.69, 9.17) is 0 Å². The quantitative estimate of drug-likeness (QED) is 0.842. The minimum Gasteiger partial charge on any atom is -0.340 e. The fourth-order valence-electron chi connectivity index (χ4n) is 2.81. The van der Waals surface area contributed by atoms with Crippen molar-refractivity contribution in [2.75, 3.05) is 26.2 Å². The zero-order chi connectivity index (χ0) is 15.9. The third kappa shape index (κ3) is 2.87. The first-order valence-corrected chi connectivity index (χ1v) is 8.88. The maximum atomic E-state index is 12.9. The highest BCUT2D eigenvalue weighted by molar-refractivity contribution is 7.89. The SMILES string of the molecule is C[C@@H]1C[C@H]1C(=O)N1CCN(S(=O)(=O)c2ccc(F)cc2)CC1. The molecule has 1 aromatic rings. The van der Waals surface area contributed by atoms with E-state index in [2.05, 4.69) is 6.92 Å². The van der Waals surface area contributed by atoms with Crippen LogP contribution < -0.4 is 0 Å². The molecule has 22 heavy (non-hydrogen) atoms. The van der Waals surface area contributed by atoms with E-state index in [9.17, 15) is 17.6 Å². The van der Waals surface area contributed by atoms with E-state index in [1.165, 1.54) is 16.4 Å². The summed E-state index contributed by atoms with van der Waals surface area (Å²) in [4.78, 5) is 14.0. The number of sulfonamides is 1. The second kappa shape index (κ2) is 5.62. The van der Waals surface area contributed by atoms with Gasteiger partial charge in [0.15, 0.2) is 0 Å². The van der Waals surface area contributed by atoms with Crippen LogP contribution >= 0.6 is 0 Å². The molecule has 1 aliphatic heterocycles. The van der Waals surface area contributed by atoms with Gasteiger partial charge in [-0.15, -0.1) is 0 Å². The molecule has 3 rings (SSSR count). The maximum Gasteiger partial charge on any atom is 0.243 e. The zero-order valence-corrected chi connectivity index (χ0v) is 13.2. The summed E-state index contributed by atoms with van der Waals surface area (Å²) in [5.74, 6) is 0.257. The largest absolute Gasteiger partial charge is 0.340 e. The van der Waals surface area contributed by atoms with Gasteiger partial charge in [-0.3, -0.25) is 4.79 Å². The monoisotopic (exact) mass is 326 g/mol. The summed E-state index contributed by atoms with van der Waals surface area (Å²) in [6.45, 7) is 3.46. The van der Waals surface area contributed by atoms with Crippen LogP contribution in [0.3, 0.4) is 0 Å². The van der Waals surface area contributed by atoms with Crippen LogP contribution in [0.25, 0.3) is 0 Å². The molecule has 7 heteroatoms. The van der Waals surface area contributed by atoms with E-state index >= 15 is 0 Å². The van der Waals surface area contributed by atoms with Crippen molar-refractivity contribution >= 4 is 15.9 Å². The van der Waals surface area contributed by atoms with Crippen LogP contribution in [0.5, 0.6) is 0 Å². The predicted molar refractivity (Wildman–Crippen MR) is 79.0 cm³/mol. The number of benzene rings is 1. The van der Waals surface area contributed by atoms with Gasteiger partial charge in [-0.1, -0.05) is 6.92 Å². The minimum absolute atomic E-state index is 0.0875. The smallest absolute Gasteiger partial charge is 0.243 e. The van der Waals surface area contributed by atoms with Crippen LogP contribution in [0.1, 0.15) is 13.3 Å². The molecule has 2 aliphatic rings. The summed E-state index contributed by atoms with van der Waals surface area (Å²) < 4.78 is 39.2. The highest BCUT2D eigenvalue weighted by Crippen LogP contribution is 2.39. The lowest BCUT2D eigenvalue weighted by atomic mass is 10.2. The highest BCUT2D eigenvalue weighted by atomic mass is 32.2. The summed E-state index contributed by atoms with van der Waals surface area (Å²) >= 11 is 0. The number of carbonyl (C=O) groups excluding carboxylic acids is 1. The standard InChI is InChI=1S/C15H19FN2O3S/c1-11-10-14(11)15(19)17-6-8-18(9-7-17)22(20,21)13-4-2-12(16)3-5-13/h2-5,11,14H,6-10H2,1H3/t11-,14-/m1/s1. The van der Waals surface area contributed by atoms with Crippen molar-refractivity contribution in [2.24, 2.45) is 11.8 Å². The fourth-order valence-corrected chi connectivity index (χ4v) is 4.23. The Morgan fingerprint density at radius 2 is 1.68 bits per heavy atom. The van der Waals surface area contributed by atoms with Crippen LogP contribution in [0.15, 0.2) is 29.2 Å². The molecule has 0 spiro atoms. The first-order chi connectivity index (χ1) is 10.4. The van der Waals surface area contributed by atoms with Crippen molar-refractivity contribution in [1.29, 1.82) is 0 Å². The lowest BCUT2D eigenvalue weighted by Crippen LogP contribution is -2.51. The van der Waals surface area contributed by atoms with Gasteiger partial charge in [0, 0.05) is 32.1 Å². The Morgan fingerprint density at radius 1 is 1.14 bits per heavy atom. The lowest BCUT2D eigenvalue weighted by molar-refractivity contribution is -0.134. The molecule has 2 atom stereocenters. The number of halogens is 1. The molecule has 1 saturated heterocycles. The fraction of sp³-hybridized carbons (Fsp3) is 0.533. The third-order valence-corrected chi connectivity index (χ3v) is 6.34. The van der Waals surface area contributed by atoms with Crippen LogP contribution in [0.4, 0.5) is 4.39 Å². The molecule has 1 aliphatic carbocycles. The van der Waals surface area contributed by atoms with Crippen molar-refractivity contribution in [3.05, 3.63) is 30.1 Å². The predicted octanol–water partition coefficient (Wildman–Crippen LogP) is 1.31. The topological polar surface area (TPSA) is 57.7 Å². The average Bonchev–Trinajstić information content (AvgIpc) is 3.24. The average molecular weight is 326 g/mol. The number of amides is 1. The van der Waals surface area contributed by atoms with Gasteiger partial charge in [0.25, 0.3) is 0 Å². The van der Waals surface area contributed by atoms with Gasteiger partial charge >= 0.3 is 0 Å². The van der Waals surface area contributed by atoms with E-state index in [0.29, 0.717) is 19.0 Å². The van der Waals surface area contributed by atoms with Crippen LogP contribution in [-0.4, -0.2) is 49.7 Å². The number of hydrogen-bond donors (Lipinski definition) is 0. The molecular weight excluding hydrogens is 307 g/mol. The molecule has 1 amide bonds. The van der Waals surface area contributed by atoms with Crippen molar-refractivity contribution in [3.63, 3.8) is 0 Å². The van der Waals surface area contributed by atoms with E-state index < -0.39 is 15.8 Å². The first kappa shape index (κ1) is 15.4. The Balaban J connectivity index is 1.65. The van der Waals surface area contributed by atoms with Gasteiger partial charge in [0.1, 0.15) is 5.82 Å². The molecule has 0 N–H and O–H groups in total. The van der Waals surface area contributed by atoms with E-state index in [1.54, 1.807) is 4.90 Å². The normalized spacial score (nSPS) is 26.0. The summed E-state index contributed by atoms with van der Waals surface area (Å²) in [7, 11) is -3.61. The Labute approximate surface area is 129 Å². The van der Waals surface area contributed by atoms with E-state index in [1.807, 2.05) is 0 Å². The number of carbonyl (C=O) groups is 1. The Hall–Kier alpha value is -1.47. The van der Waals surface area contributed by atoms with Crippen LogP contribution in [-0.2, 0) is 14.8 Å². The Kier molecular flexibility index (Phi) is 3.94. The Morgan fingerprint density at radius 3 is 2.18 bits per heavy atom. The third-order valence-electron chi connectivity index (χ3n) is 4.43. The second-order valence-electron chi connectivity index (χ2n) is 6.00. The molecule has 1 saturated carbocycles. The maximum absolute atomic E-state index is 12.9. The van der Waals surface area contributed by atoms with Crippen LogP contribution in [0, 0.1) is 17.7 Å². The van der Waals surface area contributed by atoms with Crippen LogP contribution in [0.2, 0.25) is 0 Å². The number of nitrogens with zero attached hydrogens (tertiary/aromatic N) is 2. The summed E-state index contributed by atoms with van der Waals surface area (Å²) in [5.41, 5.74) is 0. The van der Waals surface area contributed by atoms with Gasteiger partial charge < -0.3 is 4.90 Å². The van der Waals surface area contributed by atoms with Crippen molar-refractivity contribution in [2.45, 2.75) is 18.2 Å². The summed E-state index contributed by atoms with van der Waals surface area (Å²) in [6, 6.07) is 4.82. The molecule has 1 aromatic carbocycles. The summed E-state index contributed by atoms with van der Waals surface area (Å²) in [6.07, 6.45) is 0.937. The molecule has 2 fully saturated rings. The molecule has 5 nitrogen and oxygen atoms in total. The van der Waals surface area contributed by atoms with E-state index in [0.717, 1.165) is 18.6 Å². The first-order valence-electron chi connectivity index (χ1n) is 7.44. The molecule has 120 valence electrons. The van der Waals surface area contributed by atoms with Crippen molar-refractivity contribution in [1.82, 2.24) is 9.21 Å². The molecule has 1 heterocycles. The lowest BCUT2D eigenvalue weighted by Gasteiger charge is -2.34. The summed E-state index contributed by atoms with van der Waals surface area (Å²) in [5, 5.41) is 0. The van der Waals surface area contributed by atoms with Gasteiger partial charge in [0.05, 0.1) is 4.90 Å².